The quantitative estimate of drug-likeness (QED) is 0.689. The summed E-state index contributed by atoms with van der Waals surface area (Å²) in [6.45, 7) is 0. The van der Waals surface area contributed by atoms with Gasteiger partial charge >= 0.3 is 6.18 Å². The molecule has 0 aliphatic carbocycles. The molecule has 74 valence electrons. The predicted octanol–water partition coefficient (Wildman–Crippen LogP) is 2.23. The number of terminal acetylenes is 1. The molecule has 14 heavy (non-hydrogen) atoms. The summed E-state index contributed by atoms with van der Waals surface area (Å²) in [5.41, 5.74) is 5.14. The first kappa shape index (κ1) is 10.6. The van der Waals surface area contributed by atoms with Gasteiger partial charge in [-0.05, 0) is 11.6 Å². The molecule has 0 aliphatic heterocycles. The summed E-state index contributed by atoms with van der Waals surface area (Å²) in [7, 11) is 0. The third kappa shape index (κ3) is 2.06. The van der Waals surface area contributed by atoms with E-state index < -0.39 is 12.2 Å². The fourth-order valence-corrected chi connectivity index (χ4v) is 1.08. The minimum atomic E-state index is -4.47. The highest BCUT2D eigenvalue weighted by Crippen LogP contribution is 2.31. The van der Waals surface area contributed by atoms with Gasteiger partial charge in [-0.1, -0.05) is 24.1 Å². The molecule has 4 heteroatoms. The first-order valence-electron chi connectivity index (χ1n) is 3.84. The summed E-state index contributed by atoms with van der Waals surface area (Å²) in [4.78, 5) is 0. The van der Waals surface area contributed by atoms with E-state index in [2.05, 4.69) is 5.92 Å². The molecule has 0 radical (unpaired) electrons. The second-order valence-corrected chi connectivity index (χ2v) is 2.75. The lowest BCUT2D eigenvalue weighted by Gasteiger charge is -2.17. The molecule has 1 rings (SSSR count). The molecule has 0 aromatic heterocycles. The highest BCUT2D eigenvalue weighted by Gasteiger charge is 2.38. The van der Waals surface area contributed by atoms with Crippen LogP contribution in [0.2, 0.25) is 0 Å². The van der Waals surface area contributed by atoms with Crippen LogP contribution in [0, 0.1) is 12.3 Å². The van der Waals surface area contributed by atoms with Crippen LogP contribution in [0.1, 0.15) is 17.2 Å². The van der Waals surface area contributed by atoms with Crippen LogP contribution in [0.25, 0.3) is 0 Å². The van der Waals surface area contributed by atoms with Gasteiger partial charge in [-0.3, -0.25) is 0 Å². The van der Waals surface area contributed by atoms with Crippen molar-refractivity contribution in [1.82, 2.24) is 0 Å². The summed E-state index contributed by atoms with van der Waals surface area (Å²) in [5.74, 6) is 2.17. The fourth-order valence-electron chi connectivity index (χ4n) is 1.08. The smallest absolute Gasteiger partial charge is 0.316 e. The van der Waals surface area contributed by atoms with Crippen molar-refractivity contribution >= 4 is 0 Å². The van der Waals surface area contributed by atoms with Crippen molar-refractivity contribution in [1.29, 1.82) is 0 Å². The maximum Gasteiger partial charge on any atom is 0.407 e. The Bertz CT molecular complexity index is 362. The van der Waals surface area contributed by atoms with Crippen LogP contribution in [0.15, 0.2) is 24.3 Å². The minimum absolute atomic E-state index is 0.0671. The van der Waals surface area contributed by atoms with E-state index in [9.17, 15) is 13.2 Å². The van der Waals surface area contributed by atoms with Crippen LogP contribution in [0.4, 0.5) is 13.2 Å². The van der Waals surface area contributed by atoms with Crippen LogP contribution >= 0.6 is 0 Å². The van der Waals surface area contributed by atoms with Gasteiger partial charge in [-0.25, -0.2) is 0 Å². The topological polar surface area (TPSA) is 26.0 Å². The van der Waals surface area contributed by atoms with Crippen LogP contribution in [0.5, 0.6) is 0 Å². The zero-order valence-corrected chi connectivity index (χ0v) is 7.18. The maximum atomic E-state index is 12.3. The van der Waals surface area contributed by atoms with E-state index in [0.717, 1.165) is 0 Å². The van der Waals surface area contributed by atoms with Crippen molar-refractivity contribution in [2.24, 2.45) is 5.73 Å². The Labute approximate surface area is 79.7 Å². The Hall–Kier alpha value is -1.47. The molecule has 0 fully saturated rings. The second kappa shape index (κ2) is 3.72. The van der Waals surface area contributed by atoms with Crippen molar-refractivity contribution < 1.29 is 13.2 Å². The molecule has 0 bridgehead atoms. The molecule has 0 spiro atoms. The van der Waals surface area contributed by atoms with Gasteiger partial charge in [-0.2, -0.15) is 13.2 Å². The van der Waals surface area contributed by atoms with E-state index in [1.807, 2.05) is 0 Å². The van der Waals surface area contributed by atoms with Crippen LogP contribution < -0.4 is 5.73 Å². The van der Waals surface area contributed by atoms with E-state index in [4.69, 9.17) is 12.2 Å². The molecule has 1 aromatic rings. The van der Waals surface area contributed by atoms with Crippen molar-refractivity contribution in [3.63, 3.8) is 0 Å². The Morgan fingerprint density at radius 2 is 1.86 bits per heavy atom. The van der Waals surface area contributed by atoms with Crippen LogP contribution in [0.3, 0.4) is 0 Å². The molecule has 1 unspecified atom stereocenters. The molecule has 0 heterocycles. The maximum absolute atomic E-state index is 12.3. The number of nitrogens with two attached hydrogens (primary N) is 1. The lowest BCUT2D eigenvalue weighted by Crippen LogP contribution is -2.29. The zero-order valence-electron chi connectivity index (χ0n) is 7.18. The molecule has 1 atom stereocenters. The van der Waals surface area contributed by atoms with Gasteiger partial charge in [0.2, 0.25) is 0 Å². The summed E-state index contributed by atoms with van der Waals surface area (Å²) in [5, 5.41) is 0. The Morgan fingerprint density at radius 3 is 2.36 bits per heavy atom. The predicted molar refractivity (Wildman–Crippen MR) is 47.4 cm³/mol. The van der Waals surface area contributed by atoms with E-state index in [1.54, 1.807) is 6.07 Å². The SMILES string of the molecule is C#Cc1ccccc1C(N)C(F)(F)F. The summed E-state index contributed by atoms with van der Waals surface area (Å²) in [6.07, 6.45) is 0.593. The first-order valence-corrected chi connectivity index (χ1v) is 3.84. The number of benzene rings is 1. The van der Waals surface area contributed by atoms with Crippen molar-refractivity contribution in [2.75, 3.05) is 0 Å². The number of alkyl halides is 3. The van der Waals surface area contributed by atoms with E-state index in [-0.39, 0.29) is 11.1 Å². The van der Waals surface area contributed by atoms with Gasteiger partial charge in [0, 0.05) is 5.56 Å². The van der Waals surface area contributed by atoms with Crippen molar-refractivity contribution in [3.05, 3.63) is 35.4 Å². The summed E-state index contributed by atoms with van der Waals surface area (Å²) < 4.78 is 36.8. The molecule has 0 saturated carbocycles. The number of hydrogen-bond donors (Lipinski definition) is 1. The highest BCUT2D eigenvalue weighted by atomic mass is 19.4. The van der Waals surface area contributed by atoms with Gasteiger partial charge in [0.25, 0.3) is 0 Å². The molecule has 1 aromatic carbocycles. The Balaban J connectivity index is 3.14. The normalized spacial score (nSPS) is 13.4. The Morgan fingerprint density at radius 1 is 1.29 bits per heavy atom. The van der Waals surface area contributed by atoms with E-state index >= 15 is 0 Å². The minimum Gasteiger partial charge on any atom is -0.316 e. The van der Waals surface area contributed by atoms with Crippen LogP contribution in [-0.2, 0) is 0 Å². The fraction of sp³-hybridized carbons (Fsp3) is 0.200. The van der Waals surface area contributed by atoms with Gasteiger partial charge in [0.15, 0.2) is 0 Å². The number of rotatable bonds is 1. The molecular formula is C10H8F3N. The number of halogens is 3. The molecule has 0 amide bonds. The third-order valence-corrected chi connectivity index (χ3v) is 1.80. The lowest BCUT2D eigenvalue weighted by molar-refractivity contribution is -0.149. The van der Waals surface area contributed by atoms with Gasteiger partial charge in [-0.15, -0.1) is 6.42 Å². The van der Waals surface area contributed by atoms with E-state index in [1.165, 1.54) is 18.2 Å². The highest BCUT2D eigenvalue weighted by molar-refractivity contribution is 5.41. The monoisotopic (exact) mass is 199 g/mol. The molecule has 0 aliphatic rings. The largest absolute Gasteiger partial charge is 0.407 e. The molecule has 1 nitrogen and oxygen atoms in total. The van der Waals surface area contributed by atoms with Crippen LogP contribution in [-0.4, -0.2) is 6.18 Å². The Kier molecular flexibility index (Phi) is 2.82. The van der Waals surface area contributed by atoms with Gasteiger partial charge in [0.1, 0.15) is 6.04 Å². The zero-order chi connectivity index (χ0) is 10.8. The average Bonchev–Trinajstić information content (AvgIpc) is 2.15. The molecular weight excluding hydrogens is 191 g/mol. The van der Waals surface area contributed by atoms with Gasteiger partial charge < -0.3 is 5.73 Å². The number of hydrogen-bond acceptors (Lipinski definition) is 1. The van der Waals surface area contributed by atoms with Crippen molar-refractivity contribution in [2.45, 2.75) is 12.2 Å². The van der Waals surface area contributed by atoms with Crippen molar-refractivity contribution in [3.8, 4) is 12.3 Å². The third-order valence-electron chi connectivity index (χ3n) is 1.80. The average molecular weight is 199 g/mol. The standard InChI is InChI=1S/C10H8F3N/c1-2-7-5-3-4-6-8(7)9(14)10(11,12)13/h1,3-6,9H,14H2. The second-order valence-electron chi connectivity index (χ2n) is 2.75. The molecule has 0 saturated heterocycles. The first-order chi connectivity index (χ1) is 6.46. The summed E-state index contributed by atoms with van der Waals surface area (Å²) in [6, 6.07) is 3.74. The molecule has 2 N–H and O–H groups in total. The van der Waals surface area contributed by atoms with E-state index in [0.29, 0.717) is 0 Å². The summed E-state index contributed by atoms with van der Waals surface area (Å²) >= 11 is 0. The lowest BCUT2D eigenvalue weighted by atomic mass is 10.0. The van der Waals surface area contributed by atoms with Gasteiger partial charge in [0.05, 0.1) is 0 Å².